The van der Waals surface area contributed by atoms with Gasteiger partial charge in [-0.05, 0) is 18.1 Å². The summed E-state index contributed by atoms with van der Waals surface area (Å²) in [5, 5.41) is 0. The molecule has 0 bridgehead atoms. The van der Waals surface area contributed by atoms with Gasteiger partial charge in [0, 0.05) is 5.92 Å². The first-order valence-electron chi connectivity index (χ1n) is 4.49. The summed E-state index contributed by atoms with van der Waals surface area (Å²) in [5.41, 5.74) is -0.497. The SMILES string of the molecule is CCC1=CC(C(F)(F)F)=CC(C)C1F. The second-order valence-corrected chi connectivity index (χ2v) is 3.45. The Morgan fingerprint density at radius 3 is 2.36 bits per heavy atom. The van der Waals surface area contributed by atoms with Crippen molar-refractivity contribution >= 4 is 0 Å². The first-order valence-corrected chi connectivity index (χ1v) is 4.49. The van der Waals surface area contributed by atoms with Gasteiger partial charge in [0.05, 0.1) is 5.57 Å². The maximum atomic E-state index is 13.3. The molecule has 0 aromatic rings. The summed E-state index contributed by atoms with van der Waals surface area (Å²) in [6.07, 6.45) is -3.45. The molecule has 0 aromatic heterocycles. The van der Waals surface area contributed by atoms with Crippen molar-refractivity contribution in [3.8, 4) is 0 Å². The first kappa shape index (κ1) is 11.3. The van der Waals surface area contributed by atoms with Crippen molar-refractivity contribution in [2.24, 2.45) is 5.92 Å². The van der Waals surface area contributed by atoms with E-state index in [0.717, 1.165) is 12.2 Å². The van der Waals surface area contributed by atoms with Crippen LogP contribution in [0.1, 0.15) is 20.3 Å². The molecule has 4 heteroatoms. The number of hydrogen-bond acceptors (Lipinski definition) is 0. The van der Waals surface area contributed by atoms with E-state index in [0.29, 0.717) is 6.42 Å². The van der Waals surface area contributed by atoms with E-state index in [1.165, 1.54) is 6.92 Å². The molecule has 1 aliphatic rings. The van der Waals surface area contributed by atoms with Crippen LogP contribution in [0.3, 0.4) is 0 Å². The Bertz CT molecular complexity index is 272. The standard InChI is InChI=1S/C10H12F4/c1-3-7-5-8(10(12,13)14)4-6(2)9(7)11/h4-6,9H,3H2,1-2H3. The summed E-state index contributed by atoms with van der Waals surface area (Å²) < 4.78 is 50.3. The lowest BCUT2D eigenvalue weighted by atomic mass is 9.88. The van der Waals surface area contributed by atoms with Crippen molar-refractivity contribution in [1.82, 2.24) is 0 Å². The summed E-state index contributed by atoms with van der Waals surface area (Å²) >= 11 is 0. The minimum atomic E-state index is -4.37. The normalized spacial score (nSPS) is 28.4. The Kier molecular flexibility index (Phi) is 3.02. The monoisotopic (exact) mass is 208 g/mol. The van der Waals surface area contributed by atoms with E-state index in [9.17, 15) is 17.6 Å². The predicted octanol–water partition coefficient (Wildman–Crippen LogP) is 3.80. The van der Waals surface area contributed by atoms with E-state index in [4.69, 9.17) is 0 Å². The smallest absolute Gasteiger partial charge is 0.242 e. The van der Waals surface area contributed by atoms with Gasteiger partial charge in [0.1, 0.15) is 6.17 Å². The zero-order chi connectivity index (χ0) is 10.9. The molecule has 14 heavy (non-hydrogen) atoms. The Labute approximate surface area is 80.3 Å². The van der Waals surface area contributed by atoms with Crippen LogP contribution in [-0.2, 0) is 0 Å². The molecule has 80 valence electrons. The van der Waals surface area contributed by atoms with Crippen LogP contribution in [0.15, 0.2) is 23.3 Å². The van der Waals surface area contributed by atoms with E-state index in [-0.39, 0.29) is 5.57 Å². The summed E-state index contributed by atoms with van der Waals surface area (Å²) in [7, 11) is 0. The molecule has 0 amide bonds. The lowest BCUT2D eigenvalue weighted by molar-refractivity contribution is -0.0892. The molecule has 0 spiro atoms. The zero-order valence-electron chi connectivity index (χ0n) is 8.03. The van der Waals surface area contributed by atoms with Gasteiger partial charge in [-0.1, -0.05) is 19.9 Å². The van der Waals surface area contributed by atoms with Gasteiger partial charge >= 0.3 is 6.18 Å². The molecule has 0 saturated heterocycles. The average Bonchev–Trinajstić information content (AvgIpc) is 2.07. The Balaban J connectivity index is 3.01. The summed E-state index contributed by atoms with van der Waals surface area (Å²) in [6, 6.07) is 0. The summed E-state index contributed by atoms with van der Waals surface area (Å²) in [5.74, 6) is -0.688. The van der Waals surface area contributed by atoms with E-state index in [1.54, 1.807) is 6.92 Å². The van der Waals surface area contributed by atoms with Crippen LogP contribution >= 0.6 is 0 Å². The van der Waals surface area contributed by atoms with Crippen LogP contribution in [-0.4, -0.2) is 12.3 Å². The van der Waals surface area contributed by atoms with Crippen molar-refractivity contribution in [3.05, 3.63) is 23.3 Å². The first-order chi connectivity index (χ1) is 6.36. The molecule has 0 fully saturated rings. The minimum Gasteiger partial charge on any atom is -0.242 e. The fraction of sp³-hybridized carbons (Fsp3) is 0.600. The third kappa shape index (κ3) is 2.16. The molecule has 0 aliphatic heterocycles. The van der Waals surface area contributed by atoms with E-state index >= 15 is 0 Å². The molecule has 1 rings (SSSR count). The lowest BCUT2D eigenvalue weighted by Gasteiger charge is -2.23. The number of halogens is 4. The highest BCUT2D eigenvalue weighted by atomic mass is 19.4. The van der Waals surface area contributed by atoms with Gasteiger partial charge in [0.2, 0.25) is 0 Å². The van der Waals surface area contributed by atoms with Gasteiger partial charge in [-0.2, -0.15) is 13.2 Å². The maximum Gasteiger partial charge on any atom is 0.416 e. The quantitative estimate of drug-likeness (QED) is 0.575. The van der Waals surface area contributed by atoms with E-state index < -0.39 is 23.8 Å². The van der Waals surface area contributed by atoms with Gasteiger partial charge in [0.25, 0.3) is 0 Å². The lowest BCUT2D eigenvalue weighted by Crippen LogP contribution is -2.22. The molecule has 0 saturated carbocycles. The molecule has 2 unspecified atom stereocenters. The Morgan fingerprint density at radius 2 is 1.93 bits per heavy atom. The summed E-state index contributed by atoms with van der Waals surface area (Å²) in [4.78, 5) is 0. The largest absolute Gasteiger partial charge is 0.416 e. The number of allylic oxidation sites excluding steroid dienone is 4. The highest BCUT2D eigenvalue weighted by molar-refractivity contribution is 5.35. The van der Waals surface area contributed by atoms with Crippen LogP contribution in [0.2, 0.25) is 0 Å². The molecule has 0 radical (unpaired) electrons. The van der Waals surface area contributed by atoms with Crippen LogP contribution in [0, 0.1) is 5.92 Å². The van der Waals surface area contributed by atoms with Gasteiger partial charge < -0.3 is 0 Å². The second kappa shape index (κ2) is 3.75. The third-order valence-electron chi connectivity index (χ3n) is 2.33. The van der Waals surface area contributed by atoms with Gasteiger partial charge in [-0.15, -0.1) is 0 Å². The van der Waals surface area contributed by atoms with Crippen LogP contribution in [0.4, 0.5) is 17.6 Å². The van der Waals surface area contributed by atoms with E-state index in [2.05, 4.69) is 0 Å². The average molecular weight is 208 g/mol. The van der Waals surface area contributed by atoms with Crippen LogP contribution in [0.5, 0.6) is 0 Å². The topological polar surface area (TPSA) is 0 Å². The van der Waals surface area contributed by atoms with Crippen LogP contribution in [0.25, 0.3) is 0 Å². The molecule has 1 aliphatic carbocycles. The van der Waals surface area contributed by atoms with E-state index in [1.807, 2.05) is 0 Å². The van der Waals surface area contributed by atoms with Gasteiger partial charge in [-0.3, -0.25) is 0 Å². The molecular weight excluding hydrogens is 196 g/mol. The summed E-state index contributed by atoms with van der Waals surface area (Å²) in [6.45, 7) is 3.11. The molecule has 0 nitrogen and oxygen atoms in total. The highest BCUT2D eigenvalue weighted by Crippen LogP contribution is 2.35. The molecular formula is C10H12F4. The Hall–Kier alpha value is -0.800. The second-order valence-electron chi connectivity index (χ2n) is 3.45. The fourth-order valence-corrected chi connectivity index (χ4v) is 1.51. The number of rotatable bonds is 1. The zero-order valence-corrected chi connectivity index (χ0v) is 8.03. The van der Waals surface area contributed by atoms with Crippen molar-refractivity contribution in [2.75, 3.05) is 0 Å². The fourth-order valence-electron chi connectivity index (χ4n) is 1.51. The van der Waals surface area contributed by atoms with Crippen LogP contribution < -0.4 is 0 Å². The third-order valence-corrected chi connectivity index (χ3v) is 2.33. The molecule has 2 atom stereocenters. The molecule has 0 heterocycles. The van der Waals surface area contributed by atoms with Crippen molar-refractivity contribution in [2.45, 2.75) is 32.6 Å². The number of alkyl halides is 4. The van der Waals surface area contributed by atoms with Gasteiger partial charge in [0.15, 0.2) is 0 Å². The maximum absolute atomic E-state index is 13.3. The molecule has 0 aromatic carbocycles. The highest BCUT2D eigenvalue weighted by Gasteiger charge is 2.36. The van der Waals surface area contributed by atoms with Crippen molar-refractivity contribution in [3.63, 3.8) is 0 Å². The van der Waals surface area contributed by atoms with Gasteiger partial charge in [-0.25, -0.2) is 4.39 Å². The Morgan fingerprint density at radius 1 is 1.36 bits per heavy atom. The van der Waals surface area contributed by atoms with Crippen molar-refractivity contribution < 1.29 is 17.6 Å². The van der Waals surface area contributed by atoms with Crippen molar-refractivity contribution in [1.29, 1.82) is 0 Å². The predicted molar refractivity (Wildman–Crippen MR) is 46.6 cm³/mol. The minimum absolute atomic E-state index is 0.229. The number of hydrogen-bond donors (Lipinski definition) is 0. The molecule has 0 N–H and O–H groups in total.